The largest absolute Gasteiger partial charge is 0.495 e. The summed E-state index contributed by atoms with van der Waals surface area (Å²) in [5.74, 6) is -3.29. The van der Waals surface area contributed by atoms with Crippen LogP contribution >= 0.6 is 33.2 Å². The smallest absolute Gasteiger partial charge is 0.409 e. The van der Waals surface area contributed by atoms with Crippen LogP contribution in [0.25, 0.3) is 0 Å². The number of carbonyl (C=O) groups is 7. The van der Waals surface area contributed by atoms with Gasteiger partial charge in [-0.1, -0.05) is 63.9 Å². The van der Waals surface area contributed by atoms with Gasteiger partial charge in [0.05, 0.1) is 31.7 Å². The maximum absolute atomic E-state index is 14.3. The van der Waals surface area contributed by atoms with Crippen LogP contribution in [0.5, 0.6) is 5.75 Å². The Bertz CT molecular complexity index is 2110. The molecule has 0 aromatic heterocycles. The average Bonchev–Trinajstić information content (AvgIpc) is 3.87. The van der Waals surface area contributed by atoms with Crippen LogP contribution in [0, 0.1) is 5.92 Å². The molecule has 0 unspecified atom stereocenters. The number of nitrogens with zero attached hydrogens (tertiary/aromatic N) is 3. The highest BCUT2D eigenvalue weighted by Crippen LogP contribution is 2.49. The van der Waals surface area contributed by atoms with Crippen molar-refractivity contribution < 1.29 is 67.2 Å². The summed E-state index contributed by atoms with van der Waals surface area (Å²) in [6.07, 6.45) is 0.994. The van der Waals surface area contributed by atoms with Crippen LogP contribution < -0.4 is 15.0 Å². The number of likely N-dealkylation sites (N-methyl/N-ethyl adjacent to an activating group) is 1. The number of allylic oxidation sites excluding steroid dienone is 3. The number of amides is 5. The van der Waals surface area contributed by atoms with Crippen molar-refractivity contribution in [3.05, 3.63) is 46.5 Å². The second-order valence-corrected chi connectivity index (χ2v) is 21.4. The lowest BCUT2D eigenvalue weighted by atomic mass is 9.83. The van der Waals surface area contributed by atoms with Crippen molar-refractivity contribution in [3.8, 4) is 5.75 Å². The molecule has 364 valence electrons. The van der Waals surface area contributed by atoms with Crippen molar-refractivity contribution in [3.63, 3.8) is 0 Å². The fourth-order valence-electron chi connectivity index (χ4n) is 7.98. The van der Waals surface area contributed by atoms with E-state index < -0.39 is 88.2 Å². The van der Waals surface area contributed by atoms with Crippen LogP contribution in [0.3, 0.4) is 0 Å². The zero-order valence-corrected chi connectivity index (χ0v) is 41.4. The van der Waals surface area contributed by atoms with E-state index in [0.717, 1.165) is 11.1 Å². The number of epoxide rings is 1. The number of esters is 1. The highest BCUT2D eigenvalue weighted by Gasteiger charge is 2.64. The summed E-state index contributed by atoms with van der Waals surface area (Å²) >= 11 is 6.80. The zero-order valence-electron chi connectivity index (χ0n) is 39.0. The first-order valence-electron chi connectivity index (χ1n) is 21.7. The summed E-state index contributed by atoms with van der Waals surface area (Å²) < 4.78 is 29.0. The maximum atomic E-state index is 14.3. The molecular formula is C45H61ClN4O14S2. The van der Waals surface area contributed by atoms with Crippen molar-refractivity contribution in [1.29, 1.82) is 0 Å². The highest BCUT2D eigenvalue weighted by molar-refractivity contribution is 8.77. The minimum Gasteiger partial charge on any atom is -0.495 e. The first kappa shape index (κ1) is 52.6. The predicted molar refractivity (Wildman–Crippen MR) is 246 cm³/mol. The van der Waals surface area contributed by atoms with E-state index in [1.807, 2.05) is 26.8 Å². The second-order valence-electron chi connectivity index (χ2n) is 17.9. The minimum absolute atomic E-state index is 0.00912. The molecule has 18 nitrogen and oxygen atoms in total. The van der Waals surface area contributed by atoms with Crippen molar-refractivity contribution >= 4 is 80.5 Å². The van der Waals surface area contributed by atoms with Crippen molar-refractivity contribution in [2.75, 3.05) is 39.0 Å². The van der Waals surface area contributed by atoms with Crippen LogP contribution in [-0.2, 0) is 59.0 Å². The van der Waals surface area contributed by atoms with Crippen LogP contribution in [0.15, 0.2) is 35.9 Å². The van der Waals surface area contributed by atoms with Gasteiger partial charge in [-0.25, -0.2) is 14.4 Å². The molecule has 1 aromatic carbocycles. The molecule has 1 aromatic rings. The summed E-state index contributed by atoms with van der Waals surface area (Å²) in [6.45, 7) is 10.8. The Morgan fingerprint density at radius 2 is 1.79 bits per heavy atom. The van der Waals surface area contributed by atoms with Gasteiger partial charge in [0.25, 0.3) is 11.8 Å². The molecule has 4 heterocycles. The molecule has 2 N–H and O–H groups in total. The van der Waals surface area contributed by atoms with E-state index in [1.54, 1.807) is 45.2 Å². The van der Waals surface area contributed by atoms with Crippen molar-refractivity contribution in [2.45, 2.75) is 139 Å². The Morgan fingerprint density at radius 3 is 2.44 bits per heavy atom. The van der Waals surface area contributed by atoms with Crippen LogP contribution in [0.1, 0.15) is 92.1 Å². The number of hydrogen-bond acceptors (Lipinski definition) is 16. The lowest BCUT2D eigenvalue weighted by Crippen LogP contribution is -2.63. The Morgan fingerprint density at radius 1 is 1.11 bits per heavy atom. The summed E-state index contributed by atoms with van der Waals surface area (Å²) in [6, 6.07) is 2.46. The van der Waals surface area contributed by atoms with Gasteiger partial charge in [-0.3, -0.25) is 24.5 Å². The number of methoxy groups -OCH3 is 2. The number of nitrogens with one attached hydrogen (secondary N) is 1. The molecule has 0 radical (unpaired) electrons. The predicted octanol–water partition coefficient (Wildman–Crippen LogP) is 5.45. The van der Waals surface area contributed by atoms with Gasteiger partial charge in [0.15, 0.2) is 5.72 Å². The minimum atomic E-state index is -1.87. The van der Waals surface area contributed by atoms with Gasteiger partial charge in [0.2, 0.25) is 11.8 Å². The van der Waals surface area contributed by atoms with E-state index in [4.69, 9.17) is 40.1 Å². The number of rotatable bonds is 14. The first-order valence-corrected chi connectivity index (χ1v) is 24.3. The number of hydrogen-bond donors (Lipinski definition) is 2. The second kappa shape index (κ2) is 21.7. The molecule has 5 amide bonds. The molecule has 8 atom stereocenters. The van der Waals surface area contributed by atoms with E-state index in [-0.39, 0.29) is 49.5 Å². The molecule has 0 saturated carbocycles. The SMILES string of the molecule is COc1cc2cc(c1Cl)N(C)C(=O)C[C@H](OC(=O)[C@@H](C)N(C)C(=O)CCC(C)(C)SSCCC(=O)ON1C(=O)CCC1=O)[C@]1(C)O[C@H]1[C@H](C)[C@@H]1C[C@@](O)(NC(=O)O1)[C@H](OC)/C=C\C=C(\C)C2. The van der Waals surface area contributed by atoms with E-state index in [2.05, 4.69) is 5.32 Å². The number of halogens is 1. The number of alkyl carbamates (subject to hydrolysis) is 1. The van der Waals surface area contributed by atoms with Crippen LogP contribution in [-0.4, -0.2) is 137 Å². The fraction of sp³-hybridized carbons (Fsp3) is 0.622. The molecule has 0 spiro atoms. The van der Waals surface area contributed by atoms with Gasteiger partial charge < -0.3 is 43.4 Å². The first-order chi connectivity index (χ1) is 30.9. The number of hydroxylamine groups is 2. The number of aliphatic hydroxyl groups is 1. The van der Waals surface area contributed by atoms with E-state index >= 15 is 0 Å². The molecule has 5 rings (SSSR count). The molecule has 0 aliphatic carbocycles. The quantitative estimate of drug-likeness (QED) is 0.0778. The van der Waals surface area contributed by atoms with E-state index in [0.29, 0.717) is 35.1 Å². The molecule has 4 bridgehead atoms. The Kier molecular flexibility index (Phi) is 17.3. The maximum Gasteiger partial charge on any atom is 0.409 e. The Labute approximate surface area is 398 Å². The molecule has 3 saturated heterocycles. The Hall–Kier alpha value is -4.34. The van der Waals surface area contributed by atoms with Crippen molar-refractivity contribution in [2.24, 2.45) is 5.92 Å². The fourth-order valence-corrected chi connectivity index (χ4v) is 10.8. The number of imide groups is 1. The number of benzene rings is 1. The molecule has 66 heavy (non-hydrogen) atoms. The summed E-state index contributed by atoms with van der Waals surface area (Å²) in [5, 5.41) is 15.0. The summed E-state index contributed by atoms with van der Waals surface area (Å²) in [5.41, 5.74) is -1.11. The number of carbonyl (C=O) groups excluding carboxylic acids is 7. The van der Waals surface area contributed by atoms with Crippen LogP contribution in [0.2, 0.25) is 5.02 Å². The molecule has 4 aliphatic heterocycles. The van der Waals surface area contributed by atoms with Gasteiger partial charge in [-0.15, -0.1) is 5.06 Å². The Balaban J connectivity index is 1.31. The summed E-state index contributed by atoms with van der Waals surface area (Å²) in [7, 11) is 8.78. The van der Waals surface area contributed by atoms with Gasteiger partial charge >= 0.3 is 18.0 Å². The number of ether oxygens (including phenoxy) is 5. The summed E-state index contributed by atoms with van der Waals surface area (Å²) in [4.78, 5) is 98.1. The zero-order chi connectivity index (χ0) is 48.9. The van der Waals surface area contributed by atoms with Gasteiger partial charge in [0, 0.05) is 63.3 Å². The van der Waals surface area contributed by atoms with Crippen LogP contribution in [0.4, 0.5) is 10.5 Å². The molecular weight excluding hydrogens is 920 g/mol. The lowest BCUT2D eigenvalue weighted by Gasteiger charge is -2.42. The molecule has 4 aliphatic rings. The average molecular weight is 982 g/mol. The van der Waals surface area contributed by atoms with Gasteiger partial charge in [0.1, 0.15) is 40.7 Å². The van der Waals surface area contributed by atoms with Gasteiger partial charge in [-0.2, -0.15) is 0 Å². The normalized spacial score (nSPS) is 28.8. The molecule has 3 fully saturated rings. The van der Waals surface area contributed by atoms with E-state index in [9.17, 15) is 38.7 Å². The standard InChI is InChI=1S/C45H61ClN4O14S2/c1-25-12-11-13-32(60-10)45(58)24-31(61-42(57)47-45)26(2)40-44(6,63-40)33(23-37(54)49(8)29-21-28(20-25)22-30(59-9)39(29)46)62-41(56)27(3)48(7)34(51)16-18-43(4,5)66-65-19-17-38(55)64-50-35(52)14-15-36(50)53/h11-13,21-22,26-27,31-33,40,58H,14-20,23-24H2,1-10H3,(H,47,57)/b13-11-,25-12-/t26-,27-,31+,32-,33+,40+,44+,45+/m1/s1. The monoisotopic (exact) mass is 980 g/mol. The third-order valence-corrected chi connectivity index (χ3v) is 16.1. The van der Waals surface area contributed by atoms with Crippen molar-refractivity contribution in [1.82, 2.24) is 15.3 Å². The highest BCUT2D eigenvalue weighted by atomic mass is 35.5. The topological polar surface area (TPSA) is 220 Å². The third-order valence-electron chi connectivity index (χ3n) is 12.3. The number of fused-ring (bicyclic) bond motifs is 5. The number of anilines is 1. The third kappa shape index (κ3) is 12.6. The molecule has 21 heteroatoms. The lowest BCUT2D eigenvalue weighted by molar-refractivity contribution is -0.197. The van der Waals surface area contributed by atoms with E-state index in [1.165, 1.54) is 59.6 Å². The van der Waals surface area contributed by atoms with Gasteiger partial charge in [-0.05, 0) is 65.2 Å².